The summed E-state index contributed by atoms with van der Waals surface area (Å²) in [5.41, 5.74) is 1.63. The summed E-state index contributed by atoms with van der Waals surface area (Å²) in [7, 11) is 3.29. The van der Waals surface area contributed by atoms with Gasteiger partial charge >= 0.3 is 0 Å². The normalized spacial score (nSPS) is 20.2. The van der Waals surface area contributed by atoms with Gasteiger partial charge < -0.3 is 19.9 Å². The highest BCUT2D eigenvalue weighted by molar-refractivity contribution is 6.02. The van der Waals surface area contributed by atoms with Crippen LogP contribution in [-0.4, -0.2) is 50.4 Å². The first-order valence-electron chi connectivity index (χ1n) is 8.92. The van der Waals surface area contributed by atoms with Gasteiger partial charge in [0.1, 0.15) is 11.8 Å². The molecular formula is C18H27N5O4. The van der Waals surface area contributed by atoms with Gasteiger partial charge in [0.15, 0.2) is 5.82 Å². The summed E-state index contributed by atoms with van der Waals surface area (Å²) in [6, 6.07) is 3.50. The lowest BCUT2D eigenvalue weighted by atomic mass is 10.1. The highest BCUT2D eigenvalue weighted by atomic mass is 16.5. The molecule has 9 heteroatoms. The molecule has 148 valence electrons. The standard InChI is InChI=1S/C18H27N5O4/c1-18(2,3)23-13(15-7-12(24)10-27-15)8-16(21-23)19-17(25)14-6-11(9-26-5)20-22(14)4/h6,8,12,15,24H,7,9-10H2,1-5H3,(H,19,21,25). The molecule has 3 heterocycles. The zero-order valence-corrected chi connectivity index (χ0v) is 16.4. The van der Waals surface area contributed by atoms with E-state index in [1.165, 1.54) is 4.68 Å². The summed E-state index contributed by atoms with van der Waals surface area (Å²) in [5, 5.41) is 21.4. The first-order valence-corrected chi connectivity index (χ1v) is 8.92. The molecule has 1 amide bonds. The van der Waals surface area contributed by atoms with Crippen molar-refractivity contribution in [2.45, 2.75) is 51.5 Å². The molecule has 0 saturated carbocycles. The van der Waals surface area contributed by atoms with Crippen LogP contribution in [0.2, 0.25) is 0 Å². The molecule has 9 nitrogen and oxygen atoms in total. The number of hydrogen-bond acceptors (Lipinski definition) is 6. The number of hydrogen-bond donors (Lipinski definition) is 2. The number of ether oxygens (including phenoxy) is 2. The number of aliphatic hydroxyl groups excluding tert-OH is 1. The fourth-order valence-corrected chi connectivity index (χ4v) is 3.18. The lowest BCUT2D eigenvalue weighted by molar-refractivity contribution is 0.0814. The number of aryl methyl sites for hydroxylation is 1. The average molecular weight is 377 g/mol. The maximum Gasteiger partial charge on any atom is 0.275 e. The predicted octanol–water partition coefficient (Wildman–Crippen LogP) is 1.59. The number of rotatable bonds is 5. The average Bonchev–Trinajstić information content (AvgIpc) is 3.26. The smallest absolute Gasteiger partial charge is 0.275 e. The van der Waals surface area contributed by atoms with Gasteiger partial charge in [0.25, 0.3) is 5.91 Å². The van der Waals surface area contributed by atoms with Gasteiger partial charge in [-0.25, -0.2) is 0 Å². The van der Waals surface area contributed by atoms with Crippen LogP contribution >= 0.6 is 0 Å². The highest BCUT2D eigenvalue weighted by Gasteiger charge is 2.32. The monoisotopic (exact) mass is 377 g/mol. The third-order valence-corrected chi connectivity index (χ3v) is 4.38. The van der Waals surface area contributed by atoms with Crippen LogP contribution in [0, 0.1) is 0 Å². The summed E-state index contributed by atoms with van der Waals surface area (Å²) in [6.07, 6.45) is -0.218. The molecule has 1 fully saturated rings. The molecule has 2 N–H and O–H groups in total. The predicted molar refractivity (Wildman–Crippen MR) is 98.4 cm³/mol. The quantitative estimate of drug-likeness (QED) is 0.820. The number of amides is 1. The first kappa shape index (κ1) is 19.5. The van der Waals surface area contributed by atoms with Crippen LogP contribution in [0.25, 0.3) is 0 Å². The van der Waals surface area contributed by atoms with Crippen molar-refractivity contribution < 1.29 is 19.4 Å². The Morgan fingerprint density at radius 1 is 1.41 bits per heavy atom. The Hall–Kier alpha value is -2.23. The first-order chi connectivity index (χ1) is 12.7. The minimum Gasteiger partial charge on any atom is -0.391 e. The molecule has 1 saturated heterocycles. The van der Waals surface area contributed by atoms with E-state index in [1.54, 1.807) is 26.3 Å². The van der Waals surface area contributed by atoms with E-state index in [1.807, 2.05) is 25.5 Å². The SMILES string of the molecule is COCc1cc(C(=O)Nc2cc(C3CC(O)CO3)n(C(C)(C)C)n2)n(C)n1. The lowest BCUT2D eigenvalue weighted by Gasteiger charge is -2.24. The Labute approximate surface area is 158 Å². The molecule has 0 aliphatic carbocycles. The molecule has 3 rings (SSSR count). The maximum absolute atomic E-state index is 12.7. The van der Waals surface area contributed by atoms with E-state index in [4.69, 9.17) is 9.47 Å². The molecule has 27 heavy (non-hydrogen) atoms. The largest absolute Gasteiger partial charge is 0.391 e. The summed E-state index contributed by atoms with van der Waals surface area (Å²) in [5.74, 6) is 0.134. The Morgan fingerprint density at radius 3 is 2.74 bits per heavy atom. The lowest BCUT2D eigenvalue weighted by Crippen LogP contribution is -2.26. The third kappa shape index (κ3) is 4.20. The molecule has 0 radical (unpaired) electrons. The Bertz CT molecular complexity index is 820. The maximum atomic E-state index is 12.7. The van der Waals surface area contributed by atoms with Gasteiger partial charge in [0, 0.05) is 26.6 Å². The number of nitrogens with one attached hydrogen (secondary N) is 1. The van der Waals surface area contributed by atoms with Crippen LogP contribution in [-0.2, 0) is 28.7 Å². The number of carbonyl (C=O) groups is 1. The van der Waals surface area contributed by atoms with Gasteiger partial charge in [-0.15, -0.1) is 0 Å². The van der Waals surface area contributed by atoms with Crippen LogP contribution in [0.15, 0.2) is 12.1 Å². The van der Waals surface area contributed by atoms with Crippen LogP contribution < -0.4 is 5.32 Å². The van der Waals surface area contributed by atoms with E-state index in [2.05, 4.69) is 15.5 Å². The number of methoxy groups -OCH3 is 1. The topological polar surface area (TPSA) is 103 Å². The highest BCUT2D eigenvalue weighted by Crippen LogP contribution is 2.33. The molecule has 0 spiro atoms. The van der Waals surface area contributed by atoms with Gasteiger partial charge in [0.05, 0.1) is 36.2 Å². The molecule has 0 aromatic carbocycles. The van der Waals surface area contributed by atoms with Crippen LogP contribution in [0.5, 0.6) is 0 Å². The number of nitrogens with zero attached hydrogens (tertiary/aromatic N) is 4. The number of aliphatic hydroxyl groups is 1. The van der Waals surface area contributed by atoms with E-state index >= 15 is 0 Å². The van der Waals surface area contributed by atoms with Crippen molar-refractivity contribution in [1.29, 1.82) is 0 Å². The molecule has 1 aliphatic rings. The summed E-state index contributed by atoms with van der Waals surface area (Å²) in [4.78, 5) is 12.7. The second-order valence-corrected chi connectivity index (χ2v) is 7.78. The number of aromatic nitrogens is 4. The second-order valence-electron chi connectivity index (χ2n) is 7.78. The number of carbonyl (C=O) groups excluding carboxylic acids is 1. The van der Waals surface area contributed by atoms with Crippen molar-refractivity contribution in [2.75, 3.05) is 19.0 Å². The molecule has 2 atom stereocenters. The van der Waals surface area contributed by atoms with Crippen molar-refractivity contribution in [1.82, 2.24) is 19.6 Å². The molecular weight excluding hydrogens is 350 g/mol. The molecule has 2 unspecified atom stereocenters. The van der Waals surface area contributed by atoms with Crippen molar-refractivity contribution in [3.05, 3.63) is 29.2 Å². The Kier molecular flexibility index (Phi) is 5.36. The summed E-state index contributed by atoms with van der Waals surface area (Å²) in [6.45, 7) is 6.72. The van der Waals surface area contributed by atoms with Gasteiger partial charge in [0.2, 0.25) is 0 Å². The second kappa shape index (κ2) is 7.41. The van der Waals surface area contributed by atoms with Gasteiger partial charge in [-0.3, -0.25) is 14.2 Å². The van der Waals surface area contributed by atoms with Crippen molar-refractivity contribution >= 4 is 11.7 Å². The molecule has 2 aromatic rings. The van der Waals surface area contributed by atoms with Gasteiger partial charge in [-0.2, -0.15) is 10.2 Å². The fourth-order valence-electron chi connectivity index (χ4n) is 3.18. The number of anilines is 1. The van der Waals surface area contributed by atoms with E-state index in [9.17, 15) is 9.90 Å². The molecule has 0 bridgehead atoms. The minimum atomic E-state index is -0.481. The van der Waals surface area contributed by atoms with Gasteiger partial charge in [-0.05, 0) is 26.8 Å². The third-order valence-electron chi connectivity index (χ3n) is 4.38. The van der Waals surface area contributed by atoms with Crippen LogP contribution in [0.4, 0.5) is 5.82 Å². The van der Waals surface area contributed by atoms with Crippen molar-refractivity contribution in [3.63, 3.8) is 0 Å². The van der Waals surface area contributed by atoms with E-state index in [-0.39, 0.29) is 17.6 Å². The molecule has 2 aromatic heterocycles. The van der Waals surface area contributed by atoms with Gasteiger partial charge in [-0.1, -0.05) is 0 Å². The summed E-state index contributed by atoms with van der Waals surface area (Å²) >= 11 is 0. The zero-order valence-electron chi connectivity index (χ0n) is 16.4. The Balaban J connectivity index is 1.84. The molecule has 1 aliphatic heterocycles. The van der Waals surface area contributed by atoms with Crippen LogP contribution in [0.1, 0.15) is 55.2 Å². The summed E-state index contributed by atoms with van der Waals surface area (Å²) < 4.78 is 14.1. The fraction of sp³-hybridized carbons (Fsp3) is 0.611. The van der Waals surface area contributed by atoms with Crippen molar-refractivity contribution in [2.24, 2.45) is 7.05 Å². The zero-order chi connectivity index (χ0) is 19.8. The minimum absolute atomic E-state index is 0.248. The van der Waals surface area contributed by atoms with E-state index in [0.717, 1.165) is 5.69 Å². The van der Waals surface area contributed by atoms with E-state index in [0.29, 0.717) is 36.8 Å². The van der Waals surface area contributed by atoms with Crippen LogP contribution in [0.3, 0.4) is 0 Å². The Morgan fingerprint density at radius 2 is 2.15 bits per heavy atom. The van der Waals surface area contributed by atoms with E-state index < -0.39 is 6.10 Å². The van der Waals surface area contributed by atoms with Crippen molar-refractivity contribution in [3.8, 4) is 0 Å².